The van der Waals surface area contributed by atoms with Crippen LogP contribution in [0.2, 0.25) is 0 Å². The van der Waals surface area contributed by atoms with Gasteiger partial charge in [0.1, 0.15) is 11.4 Å². The van der Waals surface area contributed by atoms with Gasteiger partial charge in [-0.1, -0.05) is 19.1 Å². The molecule has 0 bridgehead atoms. The van der Waals surface area contributed by atoms with Crippen molar-refractivity contribution in [3.05, 3.63) is 41.1 Å². The molecule has 1 amide bonds. The van der Waals surface area contributed by atoms with Crippen molar-refractivity contribution in [1.82, 2.24) is 19.8 Å². The molecule has 1 aromatic carbocycles. The highest BCUT2D eigenvalue weighted by Gasteiger charge is 2.35. The van der Waals surface area contributed by atoms with E-state index >= 15 is 0 Å². The summed E-state index contributed by atoms with van der Waals surface area (Å²) >= 11 is 0. The van der Waals surface area contributed by atoms with E-state index in [-0.39, 0.29) is 24.4 Å². The van der Waals surface area contributed by atoms with Crippen LogP contribution in [0.4, 0.5) is 35.4 Å². The number of halogens is 3. The fourth-order valence-corrected chi connectivity index (χ4v) is 4.84. The molecule has 0 atom stereocenters. The Morgan fingerprint density at radius 1 is 1.08 bits per heavy atom. The van der Waals surface area contributed by atoms with E-state index in [0.29, 0.717) is 26.1 Å². The molecule has 2 aliphatic rings. The summed E-state index contributed by atoms with van der Waals surface area (Å²) in [5.41, 5.74) is 2.16. The van der Waals surface area contributed by atoms with E-state index in [4.69, 9.17) is 4.74 Å². The third kappa shape index (κ3) is 7.72. The number of aromatic nitrogens is 2. The van der Waals surface area contributed by atoms with E-state index in [9.17, 15) is 18.0 Å². The van der Waals surface area contributed by atoms with Gasteiger partial charge < -0.3 is 25.2 Å². The van der Waals surface area contributed by atoms with Crippen molar-refractivity contribution in [2.24, 2.45) is 0 Å². The molecule has 0 saturated carbocycles. The maximum Gasteiger partial charge on any atom is 0.421 e. The van der Waals surface area contributed by atoms with Crippen LogP contribution in [0.5, 0.6) is 0 Å². The average Bonchev–Trinajstić information content (AvgIpc) is 3.34. The number of hydrogen-bond acceptors (Lipinski definition) is 7. The van der Waals surface area contributed by atoms with E-state index in [1.54, 1.807) is 4.90 Å². The minimum absolute atomic E-state index is 0.0936. The molecular weight excluding hydrogens is 497 g/mol. The standard InChI is InChI=1S/C27H37F3N6O2/c1-2-21-18-20(10-16-35-12-3-4-13-35)8-9-23(21)33-25-32-19-22(27(28,29)30)24(34-25)31-11-7-15-36-14-5-6-17-38-26(36)37/h8-9,18-19H,2-7,10-17H2,1H3,(H2,31,32,33,34). The Labute approximate surface area is 222 Å². The second-order valence-corrected chi connectivity index (χ2v) is 9.81. The number of nitrogens with one attached hydrogen (secondary N) is 2. The van der Waals surface area contributed by atoms with E-state index in [0.717, 1.165) is 62.8 Å². The highest BCUT2D eigenvalue weighted by molar-refractivity contribution is 5.67. The number of rotatable bonds is 11. The molecule has 0 spiro atoms. The maximum absolute atomic E-state index is 13.6. The molecule has 2 aromatic rings. The van der Waals surface area contributed by atoms with Gasteiger partial charge in [-0.15, -0.1) is 0 Å². The number of aryl methyl sites for hydroxylation is 1. The number of nitrogens with zero attached hydrogens (tertiary/aromatic N) is 4. The number of benzene rings is 1. The molecule has 11 heteroatoms. The van der Waals surface area contributed by atoms with Gasteiger partial charge in [-0.3, -0.25) is 0 Å². The van der Waals surface area contributed by atoms with Crippen molar-refractivity contribution < 1.29 is 22.7 Å². The molecular formula is C27H37F3N6O2. The number of amides is 1. The fraction of sp³-hybridized carbons (Fsp3) is 0.593. The van der Waals surface area contributed by atoms with Crippen molar-refractivity contribution in [2.75, 3.05) is 56.5 Å². The van der Waals surface area contributed by atoms with E-state index in [1.165, 1.54) is 18.4 Å². The number of carbonyl (C=O) groups excluding carboxylic acids is 1. The van der Waals surface area contributed by atoms with Gasteiger partial charge in [0.2, 0.25) is 5.95 Å². The van der Waals surface area contributed by atoms with Crippen LogP contribution in [0.1, 0.15) is 55.7 Å². The first-order valence-electron chi connectivity index (χ1n) is 13.5. The number of hydrogen-bond donors (Lipinski definition) is 2. The molecule has 8 nitrogen and oxygen atoms in total. The quantitative estimate of drug-likeness (QED) is 0.370. The van der Waals surface area contributed by atoms with Crippen molar-refractivity contribution >= 4 is 23.5 Å². The lowest BCUT2D eigenvalue weighted by atomic mass is 10.0. The summed E-state index contributed by atoms with van der Waals surface area (Å²) in [4.78, 5) is 24.1. The van der Waals surface area contributed by atoms with Crippen LogP contribution >= 0.6 is 0 Å². The first kappa shape index (κ1) is 27.9. The minimum Gasteiger partial charge on any atom is -0.449 e. The molecule has 2 N–H and O–H groups in total. The Balaban J connectivity index is 1.40. The van der Waals surface area contributed by atoms with Gasteiger partial charge in [0.05, 0.1) is 6.61 Å². The van der Waals surface area contributed by atoms with Gasteiger partial charge >= 0.3 is 12.3 Å². The zero-order chi connectivity index (χ0) is 27.0. The SMILES string of the molecule is CCc1cc(CCN2CCCC2)ccc1Nc1ncc(C(F)(F)F)c(NCCCN2CCCCOC2=O)n1. The summed E-state index contributed by atoms with van der Waals surface area (Å²) in [6.45, 7) is 7.00. The smallest absolute Gasteiger partial charge is 0.421 e. The third-order valence-corrected chi connectivity index (χ3v) is 7.01. The van der Waals surface area contributed by atoms with Crippen LogP contribution in [0.15, 0.2) is 24.4 Å². The molecule has 3 heterocycles. The molecule has 2 saturated heterocycles. The molecule has 0 aliphatic carbocycles. The van der Waals surface area contributed by atoms with Gasteiger partial charge in [0, 0.05) is 38.1 Å². The second kappa shape index (κ2) is 13.1. The molecule has 208 valence electrons. The summed E-state index contributed by atoms with van der Waals surface area (Å²) in [5.74, 6) is -0.190. The normalized spacial score (nSPS) is 16.8. The van der Waals surface area contributed by atoms with Crippen molar-refractivity contribution in [3.63, 3.8) is 0 Å². The van der Waals surface area contributed by atoms with E-state index in [1.807, 2.05) is 13.0 Å². The maximum atomic E-state index is 13.6. The van der Waals surface area contributed by atoms with Gasteiger partial charge in [0.15, 0.2) is 0 Å². The zero-order valence-electron chi connectivity index (χ0n) is 21.9. The van der Waals surface area contributed by atoms with Crippen molar-refractivity contribution in [2.45, 2.75) is 58.0 Å². The lowest BCUT2D eigenvalue weighted by Gasteiger charge is -2.20. The minimum atomic E-state index is -4.60. The van der Waals surface area contributed by atoms with Gasteiger partial charge in [0.25, 0.3) is 0 Å². The van der Waals surface area contributed by atoms with Crippen molar-refractivity contribution in [1.29, 1.82) is 0 Å². The van der Waals surface area contributed by atoms with Crippen molar-refractivity contribution in [3.8, 4) is 0 Å². The number of anilines is 3. The first-order valence-corrected chi connectivity index (χ1v) is 13.5. The van der Waals surface area contributed by atoms with Crippen LogP contribution in [0.25, 0.3) is 0 Å². The summed E-state index contributed by atoms with van der Waals surface area (Å²) in [5, 5.41) is 5.92. The fourth-order valence-electron chi connectivity index (χ4n) is 4.84. The monoisotopic (exact) mass is 534 g/mol. The Hall–Kier alpha value is -3.08. The zero-order valence-corrected chi connectivity index (χ0v) is 21.9. The first-order chi connectivity index (χ1) is 18.3. The predicted octanol–water partition coefficient (Wildman–Crippen LogP) is 5.47. The molecule has 2 aliphatic heterocycles. The Morgan fingerprint density at radius 2 is 1.87 bits per heavy atom. The Kier molecular flexibility index (Phi) is 9.65. The number of likely N-dealkylation sites (tertiary alicyclic amines) is 1. The van der Waals surface area contributed by atoms with Crippen LogP contribution in [0, 0.1) is 0 Å². The second-order valence-electron chi connectivity index (χ2n) is 9.81. The Morgan fingerprint density at radius 3 is 2.63 bits per heavy atom. The lowest BCUT2D eigenvalue weighted by molar-refractivity contribution is -0.137. The number of cyclic esters (lactones) is 1. The molecule has 38 heavy (non-hydrogen) atoms. The highest BCUT2D eigenvalue weighted by Crippen LogP contribution is 2.34. The molecule has 4 rings (SSSR count). The van der Waals surface area contributed by atoms with Gasteiger partial charge in [-0.05, 0) is 75.2 Å². The third-order valence-electron chi connectivity index (χ3n) is 7.01. The summed E-state index contributed by atoms with van der Waals surface area (Å²) in [7, 11) is 0. The average molecular weight is 535 g/mol. The topological polar surface area (TPSA) is 82.6 Å². The summed E-state index contributed by atoms with van der Waals surface area (Å²) in [6.07, 6.45) is 2.21. The number of ether oxygens (including phenoxy) is 1. The molecule has 2 fully saturated rings. The van der Waals surface area contributed by atoms with Crippen LogP contribution in [0.3, 0.4) is 0 Å². The van der Waals surface area contributed by atoms with E-state index < -0.39 is 11.7 Å². The number of alkyl halides is 3. The van der Waals surface area contributed by atoms with Crippen LogP contribution in [-0.4, -0.2) is 71.7 Å². The summed E-state index contributed by atoms with van der Waals surface area (Å²) in [6, 6.07) is 6.15. The van der Waals surface area contributed by atoms with Crippen LogP contribution < -0.4 is 10.6 Å². The van der Waals surface area contributed by atoms with Gasteiger partial charge in [-0.25, -0.2) is 9.78 Å². The van der Waals surface area contributed by atoms with E-state index in [2.05, 4.69) is 37.6 Å². The molecule has 0 radical (unpaired) electrons. The largest absolute Gasteiger partial charge is 0.449 e. The summed E-state index contributed by atoms with van der Waals surface area (Å²) < 4.78 is 46.0. The Bertz CT molecular complexity index is 1080. The van der Waals surface area contributed by atoms with Gasteiger partial charge in [-0.2, -0.15) is 18.2 Å². The lowest BCUT2D eigenvalue weighted by Crippen LogP contribution is -2.32. The number of carbonyl (C=O) groups is 1. The highest BCUT2D eigenvalue weighted by atomic mass is 19.4. The predicted molar refractivity (Wildman–Crippen MR) is 141 cm³/mol. The van der Waals surface area contributed by atoms with Crippen LogP contribution in [-0.2, 0) is 23.8 Å². The molecule has 0 unspecified atom stereocenters. The molecule has 1 aromatic heterocycles.